The Morgan fingerprint density at radius 2 is 1.88 bits per heavy atom. The molecule has 2 aliphatic heterocycles. The van der Waals surface area contributed by atoms with Crippen LogP contribution in [0, 0.1) is 0 Å². The Labute approximate surface area is 145 Å². The second-order valence-corrected chi connectivity index (χ2v) is 6.90. The third-order valence-corrected chi connectivity index (χ3v) is 5.04. The summed E-state index contributed by atoms with van der Waals surface area (Å²) >= 11 is 0. The average Bonchev–Trinajstić information content (AvgIpc) is 3.16. The highest BCUT2D eigenvalue weighted by Gasteiger charge is 2.21. The zero-order chi connectivity index (χ0) is 16.6. The first kappa shape index (κ1) is 17.4. The van der Waals surface area contributed by atoms with E-state index < -0.39 is 0 Å². The van der Waals surface area contributed by atoms with Crippen molar-refractivity contribution >= 4 is 5.91 Å². The molecule has 0 saturated carbocycles. The van der Waals surface area contributed by atoms with E-state index in [-0.39, 0.29) is 11.9 Å². The molecule has 1 aromatic carbocycles. The zero-order valence-electron chi connectivity index (χ0n) is 14.5. The van der Waals surface area contributed by atoms with E-state index in [1.807, 2.05) is 0 Å². The van der Waals surface area contributed by atoms with Gasteiger partial charge in [-0.15, -0.1) is 0 Å². The molecule has 2 N–H and O–H groups in total. The Morgan fingerprint density at radius 1 is 1.12 bits per heavy atom. The van der Waals surface area contributed by atoms with E-state index in [0.717, 1.165) is 71.6 Å². The molecule has 0 aromatic heterocycles. The molecule has 2 heterocycles. The van der Waals surface area contributed by atoms with Gasteiger partial charge in [0.1, 0.15) is 0 Å². The summed E-state index contributed by atoms with van der Waals surface area (Å²) in [5, 5.41) is 6.31. The summed E-state index contributed by atoms with van der Waals surface area (Å²) in [7, 11) is 0. The highest BCUT2D eigenvalue weighted by molar-refractivity contribution is 5.81. The summed E-state index contributed by atoms with van der Waals surface area (Å²) in [4.78, 5) is 17.0. The van der Waals surface area contributed by atoms with Crippen LogP contribution in [0.3, 0.4) is 0 Å². The van der Waals surface area contributed by atoms with E-state index >= 15 is 0 Å². The minimum absolute atomic E-state index is 0.0477. The second kappa shape index (κ2) is 9.16. The van der Waals surface area contributed by atoms with Gasteiger partial charge in [0.05, 0.1) is 6.04 Å². The van der Waals surface area contributed by atoms with E-state index in [1.165, 1.54) is 5.56 Å². The lowest BCUT2D eigenvalue weighted by Gasteiger charge is -2.34. The number of carbonyl (C=O) groups excluding carboxylic acids is 1. The van der Waals surface area contributed by atoms with Crippen molar-refractivity contribution in [1.29, 1.82) is 0 Å². The lowest BCUT2D eigenvalue weighted by Crippen LogP contribution is -2.46. The van der Waals surface area contributed by atoms with Crippen LogP contribution >= 0.6 is 0 Å². The van der Waals surface area contributed by atoms with E-state index in [0.29, 0.717) is 0 Å². The number of rotatable bonds is 7. The Balaban J connectivity index is 1.26. The summed E-state index contributed by atoms with van der Waals surface area (Å²) in [5.41, 5.74) is 1.40. The van der Waals surface area contributed by atoms with Crippen molar-refractivity contribution in [3.05, 3.63) is 35.9 Å². The third-order valence-electron chi connectivity index (χ3n) is 5.04. The largest absolute Gasteiger partial charge is 0.355 e. The van der Waals surface area contributed by atoms with E-state index in [2.05, 4.69) is 50.8 Å². The fourth-order valence-corrected chi connectivity index (χ4v) is 3.56. The number of nitrogens with zero attached hydrogens (tertiary/aromatic N) is 2. The fraction of sp³-hybridized carbons (Fsp3) is 0.632. The minimum Gasteiger partial charge on any atom is -0.355 e. The third kappa shape index (κ3) is 5.30. The fourth-order valence-electron chi connectivity index (χ4n) is 3.56. The Morgan fingerprint density at radius 3 is 2.58 bits per heavy atom. The maximum Gasteiger partial charge on any atom is 0.237 e. The molecule has 0 spiro atoms. The molecule has 132 valence electrons. The van der Waals surface area contributed by atoms with Crippen molar-refractivity contribution in [2.24, 2.45) is 0 Å². The Kier molecular flexibility index (Phi) is 6.64. The zero-order valence-corrected chi connectivity index (χ0v) is 14.5. The number of nitrogens with one attached hydrogen (secondary N) is 2. The quantitative estimate of drug-likeness (QED) is 0.734. The number of hydrogen-bond acceptors (Lipinski definition) is 4. The van der Waals surface area contributed by atoms with E-state index in [1.54, 1.807) is 0 Å². The summed E-state index contributed by atoms with van der Waals surface area (Å²) < 4.78 is 0. The number of hydrogen-bond donors (Lipinski definition) is 2. The van der Waals surface area contributed by atoms with Crippen molar-refractivity contribution in [2.45, 2.75) is 31.8 Å². The Hall–Kier alpha value is -1.43. The van der Waals surface area contributed by atoms with Crippen molar-refractivity contribution in [2.75, 3.05) is 45.8 Å². The van der Waals surface area contributed by atoms with Gasteiger partial charge in [0.2, 0.25) is 5.91 Å². The molecule has 3 rings (SSSR count). The van der Waals surface area contributed by atoms with Crippen LogP contribution in [0.1, 0.15) is 24.8 Å². The number of carbonyl (C=O) groups is 1. The minimum atomic E-state index is 0.0477. The molecule has 5 heteroatoms. The SMILES string of the molecule is O=C(NCCCN1CCN(Cc2ccccc2)CC1)C1CCCN1. The molecule has 0 aliphatic carbocycles. The predicted octanol–water partition coefficient (Wildman–Crippen LogP) is 1.06. The summed E-state index contributed by atoms with van der Waals surface area (Å²) in [6.07, 6.45) is 3.14. The smallest absolute Gasteiger partial charge is 0.237 e. The normalized spacial score (nSPS) is 22.6. The van der Waals surface area contributed by atoms with Gasteiger partial charge in [-0.2, -0.15) is 0 Å². The monoisotopic (exact) mass is 330 g/mol. The van der Waals surface area contributed by atoms with Gasteiger partial charge < -0.3 is 15.5 Å². The van der Waals surface area contributed by atoms with Crippen LogP contribution in [-0.2, 0) is 11.3 Å². The van der Waals surface area contributed by atoms with Gasteiger partial charge in [-0.3, -0.25) is 9.69 Å². The first-order valence-corrected chi connectivity index (χ1v) is 9.31. The van der Waals surface area contributed by atoms with Crippen LogP contribution in [0.5, 0.6) is 0 Å². The molecule has 1 aromatic rings. The summed E-state index contributed by atoms with van der Waals surface area (Å²) in [5.74, 6) is 0.181. The molecular formula is C19H30N4O. The summed E-state index contributed by atoms with van der Waals surface area (Å²) in [6.45, 7) is 8.43. The van der Waals surface area contributed by atoms with Crippen molar-refractivity contribution < 1.29 is 4.79 Å². The average molecular weight is 330 g/mol. The van der Waals surface area contributed by atoms with Crippen LogP contribution in [0.25, 0.3) is 0 Å². The standard InChI is InChI=1S/C19H30N4O/c24-19(18-8-4-9-20-18)21-10-5-11-22-12-14-23(15-13-22)16-17-6-2-1-3-7-17/h1-3,6-7,18,20H,4-5,8-16H2,(H,21,24). The molecule has 0 bridgehead atoms. The van der Waals surface area contributed by atoms with Crippen LogP contribution in [0.2, 0.25) is 0 Å². The molecule has 24 heavy (non-hydrogen) atoms. The molecule has 1 atom stereocenters. The van der Waals surface area contributed by atoms with Gasteiger partial charge in [0.15, 0.2) is 0 Å². The molecule has 1 unspecified atom stereocenters. The lowest BCUT2D eigenvalue weighted by molar-refractivity contribution is -0.122. The van der Waals surface area contributed by atoms with Crippen LogP contribution < -0.4 is 10.6 Å². The Bertz CT molecular complexity index is 493. The number of benzene rings is 1. The molecule has 2 fully saturated rings. The van der Waals surface area contributed by atoms with Gasteiger partial charge in [0, 0.05) is 39.3 Å². The number of amides is 1. The molecule has 2 aliphatic rings. The van der Waals surface area contributed by atoms with Crippen molar-refractivity contribution in [1.82, 2.24) is 20.4 Å². The van der Waals surface area contributed by atoms with Gasteiger partial charge >= 0.3 is 0 Å². The molecule has 5 nitrogen and oxygen atoms in total. The highest BCUT2D eigenvalue weighted by atomic mass is 16.2. The van der Waals surface area contributed by atoms with Crippen LogP contribution in [0.4, 0.5) is 0 Å². The second-order valence-electron chi connectivity index (χ2n) is 6.90. The van der Waals surface area contributed by atoms with Crippen LogP contribution in [-0.4, -0.2) is 67.6 Å². The first-order valence-electron chi connectivity index (χ1n) is 9.31. The van der Waals surface area contributed by atoms with Crippen molar-refractivity contribution in [3.8, 4) is 0 Å². The summed E-state index contributed by atoms with van der Waals surface area (Å²) in [6, 6.07) is 10.7. The molecule has 0 radical (unpaired) electrons. The van der Waals surface area contributed by atoms with Crippen molar-refractivity contribution in [3.63, 3.8) is 0 Å². The molecular weight excluding hydrogens is 300 g/mol. The van der Waals surface area contributed by atoms with E-state index in [9.17, 15) is 4.79 Å². The van der Waals surface area contributed by atoms with Gasteiger partial charge in [-0.25, -0.2) is 0 Å². The molecule has 1 amide bonds. The van der Waals surface area contributed by atoms with Crippen LogP contribution in [0.15, 0.2) is 30.3 Å². The first-order chi connectivity index (χ1) is 11.8. The van der Waals surface area contributed by atoms with Gasteiger partial charge in [-0.1, -0.05) is 30.3 Å². The van der Waals surface area contributed by atoms with Gasteiger partial charge in [0.25, 0.3) is 0 Å². The highest BCUT2D eigenvalue weighted by Crippen LogP contribution is 2.08. The lowest BCUT2D eigenvalue weighted by atomic mass is 10.2. The maximum absolute atomic E-state index is 11.9. The molecule has 2 saturated heterocycles. The topological polar surface area (TPSA) is 47.6 Å². The maximum atomic E-state index is 11.9. The predicted molar refractivity (Wildman–Crippen MR) is 96.8 cm³/mol. The van der Waals surface area contributed by atoms with Gasteiger partial charge in [-0.05, 0) is 37.9 Å². The number of piperazine rings is 1. The van der Waals surface area contributed by atoms with E-state index in [4.69, 9.17) is 0 Å².